The van der Waals surface area contributed by atoms with Crippen molar-refractivity contribution in [1.82, 2.24) is 5.32 Å². The van der Waals surface area contributed by atoms with Crippen molar-refractivity contribution < 1.29 is 14.3 Å². The highest BCUT2D eigenvalue weighted by atomic mass is 16.5. The van der Waals surface area contributed by atoms with Gasteiger partial charge in [0.2, 0.25) is 0 Å². The fourth-order valence-electron chi connectivity index (χ4n) is 2.11. The zero-order chi connectivity index (χ0) is 16.7. The fourth-order valence-corrected chi connectivity index (χ4v) is 2.11. The molecule has 0 aromatic heterocycles. The van der Waals surface area contributed by atoms with Crippen LogP contribution in [-0.4, -0.2) is 17.8 Å². The minimum Gasteiger partial charge on any atom is -0.481 e. The lowest BCUT2D eigenvalue weighted by Crippen LogP contribution is -2.35. The molecule has 2 rings (SSSR count). The highest BCUT2D eigenvalue weighted by Crippen LogP contribution is 2.15. The van der Waals surface area contributed by atoms with E-state index in [9.17, 15) is 9.59 Å². The molecule has 0 fully saturated rings. The summed E-state index contributed by atoms with van der Waals surface area (Å²) in [5.41, 5.74) is 1.69. The van der Waals surface area contributed by atoms with Gasteiger partial charge in [-0.1, -0.05) is 37.3 Å². The number of ketones is 1. The van der Waals surface area contributed by atoms with Gasteiger partial charge in [0.1, 0.15) is 5.75 Å². The van der Waals surface area contributed by atoms with E-state index in [2.05, 4.69) is 5.32 Å². The molecular formula is C19H21NO3. The lowest BCUT2D eigenvalue weighted by atomic mass is 10.1. The molecule has 0 unspecified atom stereocenters. The van der Waals surface area contributed by atoms with Gasteiger partial charge in [0.05, 0.1) is 0 Å². The van der Waals surface area contributed by atoms with Crippen molar-refractivity contribution in [3.8, 4) is 5.75 Å². The zero-order valence-corrected chi connectivity index (χ0v) is 13.4. The molecule has 120 valence electrons. The van der Waals surface area contributed by atoms with Crippen LogP contribution in [0.2, 0.25) is 0 Å². The normalized spacial score (nSPS) is 11.6. The Balaban J connectivity index is 1.86. The molecule has 0 radical (unpaired) electrons. The highest BCUT2D eigenvalue weighted by Gasteiger charge is 2.14. The lowest BCUT2D eigenvalue weighted by Gasteiger charge is -2.15. The van der Waals surface area contributed by atoms with E-state index in [1.54, 1.807) is 31.2 Å². The maximum atomic E-state index is 12.1. The Hall–Kier alpha value is -2.62. The van der Waals surface area contributed by atoms with E-state index in [-0.39, 0.29) is 11.7 Å². The molecule has 0 spiro atoms. The average Bonchev–Trinajstić information content (AvgIpc) is 2.60. The Bertz CT molecular complexity index is 650. The van der Waals surface area contributed by atoms with Gasteiger partial charge in [-0.3, -0.25) is 9.59 Å². The number of ether oxygens (including phenoxy) is 1. The summed E-state index contributed by atoms with van der Waals surface area (Å²) in [5.74, 6) is 0.479. The third-order valence-corrected chi connectivity index (χ3v) is 3.49. The largest absolute Gasteiger partial charge is 0.481 e. The van der Waals surface area contributed by atoms with E-state index in [4.69, 9.17) is 4.74 Å². The summed E-state index contributed by atoms with van der Waals surface area (Å²) in [4.78, 5) is 23.6. The van der Waals surface area contributed by atoms with Gasteiger partial charge in [-0.05, 0) is 36.8 Å². The molecule has 0 aliphatic carbocycles. The average molecular weight is 311 g/mol. The van der Waals surface area contributed by atoms with Crippen LogP contribution >= 0.6 is 0 Å². The summed E-state index contributed by atoms with van der Waals surface area (Å²) in [6.07, 6.45) is -0.134. The molecule has 0 saturated heterocycles. The summed E-state index contributed by atoms with van der Waals surface area (Å²) in [5, 5.41) is 2.84. The minimum absolute atomic E-state index is 0.0882. The second kappa shape index (κ2) is 8.13. The van der Waals surface area contributed by atoms with Crippen molar-refractivity contribution in [2.45, 2.75) is 32.9 Å². The van der Waals surface area contributed by atoms with E-state index in [0.29, 0.717) is 24.3 Å². The van der Waals surface area contributed by atoms with E-state index < -0.39 is 6.10 Å². The molecule has 4 heteroatoms. The van der Waals surface area contributed by atoms with Crippen LogP contribution in [0, 0.1) is 0 Å². The summed E-state index contributed by atoms with van der Waals surface area (Å²) < 4.78 is 5.61. The first-order chi connectivity index (χ1) is 11.1. The van der Waals surface area contributed by atoms with Crippen molar-refractivity contribution in [2.75, 3.05) is 0 Å². The molecule has 4 nitrogen and oxygen atoms in total. The molecule has 0 saturated carbocycles. The number of carbonyl (C=O) groups excluding carboxylic acids is 2. The molecule has 1 N–H and O–H groups in total. The molecule has 0 heterocycles. The predicted molar refractivity (Wildman–Crippen MR) is 89.4 cm³/mol. The second-order valence-electron chi connectivity index (χ2n) is 5.26. The molecule has 1 atom stereocenters. The third kappa shape index (κ3) is 4.95. The summed E-state index contributed by atoms with van der Waals surface area (Å²) in [7, 11) is 0. The molecule has 2 aromatic carbocycles. The lowest BCUT2D eigenvalue weighted by molar-refractivity contribution is -0.127. The van der Waals surface area contributed by atoms with Crippen LogP contribution in [0.5, 0.6) is 5.75 Å². The number of amides is 1. The van der Waals surface area contributed by atoms with Gasteiger partial charge in [0, 0.05) is 18.5 Å². The topological polar surface area (TPSA) is 55.4 Å². The van der Waals surface area contributed by atoms with Crippen LogP contribution in [0.3, 0.4) is 0 Å². The number of hydrogen-bond donors (Lipinski definition) is 1. The molecule has 23 heavy (non-hydrogen) atoms. The smallest absolute Gasteiger partial charge is 0.261 e. The Labute approximate surface area is 136 Å². The van der Waals surface area contributed by atoms with Crippen LogP contribution in [0.25, 0.3) is 0 Å². The van der Waals surface area contributed by atoms with E-state index >= 15 is 0 Å². The van der Waals surface area contributed by atoms with Gasteiger partial charge in [-0.2, -0.15) is 0 Å². The highest BCUT2D eigenvalue weighted by molar-refractivity contribution is 5.95. The Kier molecular flexibility index (Phi) is 5.92. The minimum atomic E-state index is -0.605. The van der Waals surface area contributed by atoms with Gasteiger partial charge in [-0.25, -0.2) is 0 Å². The quantitative estimate of drug-likeness (QED) is 0.798. The first-order valence-electron chi connectivity index (χ1n) is 7.71. The van der Waals surface area contributed by atoms with E-state index in [1.807, 2.05) is 37.3 Å². The first kappa shape index (κ1) is 16.7. The van der Waals surface area contributed by atoms with Crippen LogP contribution in [0.4, 0.5) is 0 Å². The van der Waals surface area contributed by atoms with Gasteiger partial charge in [0.25, 0.3) is 5.91 Å². The Morgan fingerprint density at radius 2 is 1.70 bits per heavy atom. The molecule has 0 aliphatic rings. The SMILES string of the molecule is CCC(=O)c1ccc(O[C@@H](C)C(=O)NCc2ccccc2)cc1. The van der Waals surface area contributed by atoms with Gasteiger partial charge in [0.15, 0.2) is 11.9 Å². The van der Waals surface area contributed by atoms with Crippen LogP contribution < -0.4 is 10.1 Å². The molecule has 0 aliphatic heterocycles. The van der Waals surface area contributed by atoms with E-state index in [1.165, 1.54) is 0 Å². The Morgan fingerprint density at radius 3 is 2.30 bits per heavy atom. The Morgan fingerprint density at radius 1 is 1.04 bits per heavy atom. The molecule has 0 bridgehead atoms. The van der Waals surface area contributed by atoms with Crippen LogP contribution in [0.1, 0.15) is 36.2 Å². The maximum absolute atomic E-state index is 12.1. The summed E-state index contributed by atoms with van der Waals surface area (Å²) in [6.45, 7) is 3.99. The molecule has 2 aromatic rings. The predicted octanol–water partition coefficient (Wildman–Crippen LogP) is 3.36. The number of nitrogens with one attached hydrogen (secondary N) is 1. The van der Waals surface area contributed by atoms with Crippen LogP contribution in [0.15, 0.2) is 54.6 Å². The fraction of sp³-hybridized carbons (Fsp3) is 0.263. The van der Waals surface area contributed by atoms with Gasteiger partial charge >= 0.3 is 0 Å². The number of rotatable bonds is 7. The van der Waals surface area contributed by atoms with Gasteiger partial charge in [-0.15, -0.1) is 0 Å². The van der Waals surface area contributed by atoms with Gasteiger partial charge < -0.3 is 10.1 Å². The van der Waals surface area contributed by atoms with Crippen molar-refractivity contribution in [1.29, 1.82) is 0 Å². The molecule has 1 amide bonds. The van der Waals surface area contributed by atoms with Crippen molar-refractivity contribution in [3.63, 3.8) is 0 Å². The first-order valence-corrected chi connectivity index (χ1v) is 7.71. The number of hydrogen-bond acceptors (Lipinski definition) is 3. The third-order valence-electron chi connectivity index (χ3n) is 3.49. The standard InChI is InChI=1S/C19H21NO3/c1-3-18(21)16-9-11-17(12-10-16)23-14(2)19(22)20-13-15-7-5-4-6-8-15/h4-12,14H,3,13H2,1-2H3,(H,20,22)/t14-/m0/s1. The van der Waals surface area contributed by atoms with Crippen molar-refractivity contribution in [3.05, 3.63) is 65.7 Å². The van der Waals surface area contributed by atoms with E-state index in [0.717, 1.165) is 5.56 Å². The van der Waals surface area contributed by atoms with Crippen LogP contribution in [-0.2, 0) is 11.3 Å². The monoisotopic (exact) mass is 311 g/mol. The van der Waals surface area contributed by atoms with Crippen molar-refractivity contribution in [2.24, 2.45) is 0 Å². The number of carbonyl (C=O) groups is 2. The summed E-state index contributed by atoms with van der Waals surface area (Å²) in [6, 6.07) is 16.6. The maximum Gasteiger partial charge on any atom is 0.261 e. The number of benzene rings is 2. The van der Waals surface area contributed by atoms with Crippen molar-refractivity contribution >= 4 is 11.7 Å². The summed E-state index contributed by atoms with van der Waals surface area (Å²) >= 11 is 0. The molecular weight excluding hydrogens is 290 g/mol. The zero-order valence-electron chi connectivity index (χ0n) is 13.4. The second-order valence-corrected chi connectivity index (χ2v) is 5.26. The number of Topliss-reactive ketones (excluding diaryl/α,β-unsaturated/α-hetero) is 1.